The second-order valence-corrected chi connectivity index (χ2v) is 27.7. The van der Waals surface area contributed by atoms with E-state index in [0.29, 0.717) is 0 Å². The van der Waals surface area contributed by atoms with Crippen molar-refractivity contribution in [2.45, 2.75) is 112 Å². The second-order valence-electron chi connectivity index (χ2n) is 9.47. The summed E-state index contributed by atoms with van der Waals surface area (Å²) in [5.41, 5.74) is 0. The summed E-state index contributed by atoms with van der Waals surface area (Å²) in [6.45, 7) is 19.2. The minimum atomic E-state index is -2.55. The van der Waals surface area contributed by atoms with Gasteiger partial charge >= 0.3 is 170 Å². The van der Waals surface area contributed by atoms with Crippen molar-refractivity contribution in [3.63, 3.8) is 0 Å². The molecule has 0 N–H and O–H groups in total. The number of unbranched alkanes of at least 4 members (excludes halogenated alkanes) is 3. The molecule has 0 bridgehead atoms. The Morgan fingerprint density at radius 2 is 1.35 bits per heavy atom. The zero-order valence-corrected chi connectivity index (χ0v) is 22.9. The fourth-order valence-electron chi connectivity index (χ4n) is 3.34. The second kappa shape index (κ2) is 12.8. The van der Waals surface area contributed by atoms with Gasteiger partial charge in [0, 0.05) is 0 Å². The van der Waals surface area contributed by atoms with Gasteiger partial charge in [0.1, 0.15) is 0 Å². The summed E-state index contributed by atoms with van der Waals surface area (Å²) in [5, 5.41) is 0.216. The Morgan fingerprint density at radius 3 is 1.65 bits per heavy atom. The fourth-order valence-corrected chi connectivity index (χ4v) is 20.7. The van der Waals surface area contributed by atoms with Crippen LogP contribution >= 0.6 is 0 Å². The monoisotopic (exact) mass is 490 g/mol. The van der Waals surface area contributed by atoms with Gasteiger partial charge in [-0.2, -0.15) is 0 Å². The first-order chi connectivity index (χ1) is 12.1. The molecule has 0 heterocycles. The molecular formula is C22H46O2SiSn. The number of aldehydes is 1. The molecule has 26 heavy (non-hydrogen) atoms. The maximum atomic E-state index is 11.5. The molecule has 0 spiro atoms. The molecule has 0 aromatic rings. The summed E-state index contributed by atoms with van der Waals surface area (Å²) in [5.74, 6) is 0. The van der Waals surface area contributed by atoms with E-state index in [2.05, 4.69) is 54.6 Å². The average Bonchev–Trinajstić information content (AvgIpc) is 2.57. The number of carbonyl (C=O) groups excluding carboxylic acids is 1. The van der Waals surface area contributed by atoms with Crippen LogP contribution < -0.4 is 0 Å². The Labute approximate surface area is 169 Å². The molecule has 0 radical (unpaired) electrons. The third-order valence-electron chi connectivity index (χ3n) is 6.37. The number of allylic oxidation sites excluding steroid dienone is 1. The Morgan fingerprint density at radius 1 is 0.923 bits per heavy atom. The van der Waals surface area contributed by atoms with Crippen molar-refractivity contribution in [2.24, 2.45) is 0 Å². The van der Waals surface area contributed by atoms with Gasteiger partial charge in [-0.25, -0.2) is 0 Å². The van der Waals surface area contributed by atoms with Crippen molar-refractivity contribution < 1.29 is 9.22 Å². The Kier molecular flexibility index (Phi) is 13.0. The van der Waals surface area contributed by atoms with E-state index < -0.39 is 26.7 Å². The number of rotatable bonds is 14. The summed E-state index contributed by atoms with van der Waals surface area (Å²) in [6.07, 6.45) is 10.7. The standard InChI is InChI=1S/C10H19O2Si.3C4H9.Sn/c1-10(2,3)13(4,5)12-9-7-6-8-11;3*1-3-4-2;/h6,8H,9H2,1-5H3;3*1,3-4H2,2H3;. The van der Waals surface area contributed by atoms with E-state index >= 15 is 0 Å². The topological polar surface area (TPSA) is 26.3 Å². The molecule has 154 valence electrons. The molecule has 4 heteroatoms. The molecule has 0 aromatic carbocycles. The molecule has 0 saturated carbocycles. The first-order valence-corrected chi connectivity index (χ1v) is 21.3. The van der Waals surface area contributed by atoms with Crippen LogP contribution in [0.3, 0.4) is 0 Å². The van der Waals surface area contributed by atoms with Crippen molar-refractivity contribution in [3.05, 3.63) is 9.67 Å². The molecular weight excluding hydrogens is 443 g/mol. The zero-order valence-electron chi connectivity index (χ0n) is 19.0. The van der Waals surface area contributed by atoms with Crippen LogP contribution in [-0.4, -0.2) is 39.6 Å². The van der Waals surface area contributed by atoms with Crippen molar-refractivity contribution in [1.29, 1.82) is 0 Å². The average molecular weight is 489 g/mol. The van der Waals surface area contributed by atoms with Gasteiger partial charge < -0.3 is 0 Å². The van der Waals surface area contributed by atoms with E-state index in [-0.39, 0.29) is 5.04 Å². The van der Waals surface area contributed by atoms with Crippen molar-refractivity contribution in [3.8, 4) is 0 Å². The summed E-state index contributed by atoms with van der Waals surface area (Å²) in [7, 11) is -1.79. The molecule has 0 aromatic heterocycles. The van der Waals surface area contributed by atoms with E-state index in [1.165, 1.54) is 55.4 Å². The molecule has 0 saturated heterocycles. The normalized spacial score (nSPS) is 13.9. The third kappa shape index (κ3) is 8.60. The van der Waals surface area contributed by atoms with Gasteiger partial charge in [-0.3, -0.25) is 0 Å². The molecule has 0 aliphatic heterocycles. The maximum absolute atomic E-state index is 11.5. The molecule has 0 unspecified atom stereocenters. The van der Waals surface area contributed by atoms with Gasteiger partial charge in [-0.05, 0) is 0 Å². The molecule has 0 rings (SSSR count). The molecule has 0 aliphatic carbocycles. The van der Waals surface area contributed by atoms with Crippen molar-refractivity contribution >= 4 is 33.0 Å². The molecule has 0 atom stereocenters. The zero-order chi connectivity index (χ0) is 20.3. The predicted octanol–water partition coefficient (Wildman–Crippen LogP) is 7.52. The number of hydrogen-bond acceptors (Lipinski definition) is 2. The van der Waals surface area contributed by atoms with Crippen LogP contribution in [0.5, 0.6) is 0 Å². The van der Waals surface area contributed by atoms with Crippen LogP contribution in [0, 0.1) is 0 Å². The van der Waals surface area contributed by atoms with Crippen LogP contribution in [0.25, 0.3) is 0 Å². The van der Waals surface area contributed by atoms with Crippen LogP contribution in [0.4, 0.5) is 0 Å². The van der Waals surface area contributed by atoms with E-state index in [1.54, 1.807) is 0 Å². The van der Waals surface area contributed by atoms with Gasteiger partial charge in [0.15, 0.2) is 0 Å². The quantitative estimate of drug-likeness (QED) is 0.143. The molecule has 2 nitrogen and oxygen atoms in total. The van der Waals surface area contributed by atoms with E-state index in [1.807, 2.05) is 6.08 Å². The third-order valence-corrected chi connectivity index (χ3v) is 26.8. The Bertz CT molecular complexity index is 403. The van der Waals surface area contributed by atoms with E-state index in [4.69, 9.17) is 4.43 Å². The van der Waals surface area contributed by atoms with E-state index in [9.17, 15) is 4.79 Å². The van der Waals surface area contributed by atoms with Crippen molar-refractivity contribution in [1.82, 2.24) is 0 Å². The minimum absolute atomic E-state index is 0.216. The van der Waals surface area contributed by atoms with Gasteiger partial charge in [-0.15, -0.1) is 0 Å². The number of carbonyl (C=O) groups is 1. The Hall–Kier alpha value is 0.386. The van der Waals surface area contributed by atoms with Crippen LogP contribution in [0.1, 0.15) is 80.1 Å². The molecule has 0 aliphatic rings. The van der Waals surface area contributed by atoms with Gasteiger partial charge in [0.05, 0.1) is 0 Å². The summed E-state index contributed by atoms with van der Waals surface area (Å²) < 4.78 is 12.3. The summed E-state index contributed by atoms with van der Waals surface area (Å²) in [4.78, 5) is 11.5. The Balaban J connectivity index is 5.66. The van der Waals surface area contributed by atoms with E-state index in [0.717, 1.165) is 12.9 Å². The van der Waals surface area contributed by atoms with Gasteiger partial charge in [0.25, 0.3) is 0 Å². The molecule has 0 amide bonds. The van der Waals surface area contributed by atoms with Gasteiger partial charge in [-0.1, -0.05) is 0 Å². The summed E-state index contributed by atoms with van der Waals surface area (Å²) >= 11 is -2.55. The van der Waals surface area contributed by atoms with Crippen LogP contribution in [0.2, 0.25) is 31.4 Å². The van der Waals surface area contributed by atoms with Crippen LogP contribution in [-0.2, 0) is 9.22 Å². The number of hydrogen-bond donors (Lipinski definition) is 0. The summed E-state index contributed by atoms with van der Waals surface area (Å²) in [6, 6.07) is 0. The van der Waals surface area contributed by atoms with Crippen molar-refractivity contribution in [2.75, 3.05) is 6.61 Å². The van der Waals surface area contributed by atoms with Crippen LogP contribution in [0.15, 0.2) is 9.67 Å². The predicted molar refractivity (Wildman–Crippen MR) is 122 cm³/mol. The molecule has 0 fully saturated rings. The SMILES string of the molecule is CCC[CH2][Sn]([CH2]CCC)([CH2]CCC)/[C](=C/C=O)CO[Si](C)(C)C(C)(C)C. The first kappa shape index (κ1) is 26.4. The van der Waals surface area contributed by atoms with Gasteiger partial charge in [0.2, 0.25) is 0 Å². The first-order valence-electron chi connectivity index (χ1n) is 10.9. The fraction of sp³-hybridized carbons (Fsp3) is 0.864.